The van der Waals surface area contributed by atoms with Gasteiger partial charge in [0.2, 0.25) is 0 Å². The van der Waals surface area contributed by atoms with E-state index in [1.807, 2.05) is 0 Å². The number of nitrogens with one attached hydrogen (secondary N) is 2. The second-order valence-corrected chi connectivity index (χ2v) is 4.05. The van der Waals surface area contributed by atoms with Crippen LogP contribution in [-0.4, -0.2) is 22.4 Å². The van der Waals surface area contributed by atoms with Gasteiger partial charge in [-0.25, -0.2) is 4.98 Å². The van der Waals surface area contributed by atoms with Crippen LogP contribution in [0.5, 0.6) is 0 Å². The quantitative estimate of drug-likeness (QED) is 0.862. The maximum absolute atomic E-state index is 12.1. The molecule has 1 amide bonds. The molecule has 0 bridgehead atoms. The van der Waals surface area contributed by atoms with Crippen LogP contribution in [0.2, 0.25) is 0 Å². The Labute approximate surface area is 112 Å². The van der Waals surface area contributed by atoms with E-state index in [1.165, 1.54) is 0 Å². The van der Waals surface area contributed by atoms with Gasteiger partial charge in [0, 0.05) is 36.4 Å². The van der Waals surface area contributed by atoms with Crippen molar-refractivity contribution in [3.63, 3.8) is 0 Å². The molecule has 0 fully saturated rings. The van der Waals surface area contributed by atoms with Gasteiger partial charge in [0.15, 0.2) is 0 Å². The molecule has 19 heavy (non-hydrogen) atoms. The molecule has 0 aliphatic rings. The smallest absolute Gasteiger partial charge is 0.255 e. The van der Waals surface area contributed by atoms with E-state index in [4.69, 9.17) is 0 Å². The van der Waals surface area contributed by atoms with E-state index in [-0.39, 0.29) is 5.91 Å². The second-order valence-electron chi connectivity index (χ2n) is 4.05. The first-order valence-corrected chi connectivity index (χ1v) is 6.21. The molecule has 2 rings (SSSR count). The molecule has 2 N–H and O–H groups in total. The minimum atomic E-state index is -0.159. The van der Waals surface area contributed by atoms with E-state index in [1.54, 1.807) is 42.9 Å². The van der Waals surface area contributed by atoms with Gasteiger partial charge in [-0.05, 0) is 30.7 Å². The van der Waals surface area contributed by atoms with Gasteiger partial charge < -0.3 is 10.6 Å². The molecule has 0 atom stereocenters. The molecular weight excluding hydrogens is 240 g/mol. The zero-order chi connectivity index (χ0) is 13.5. The summed E-state index contributed by atoms with van der Waals surface area (Å²) in [6, 6.07) is 6.92. The molecule has 0 spiro atoms. The number of pyridine rings is 2. The molecule has 0 unspecified atom stereocenters. The largest absolute Gasteiger partial charge is 0.370 e. The molecule has 0 radical (unpaired) electrons. The average Bonchev–Trinajstić information content (AvgIpc) is 2.46. The van der Waals surface area contributed by atoms with Crippen LogP contribution in [0, 0.1) is 0 Å². The number of nitrogens with zero attached hydrogens (tertiary/aromatic N) is 2. The number of hydrogen-bond donors (Lipinski definition) is 2. The number of hydrogen-bond acceptors (Lipinski definition) is 4. The van der Waals surface area contributed by atoms with Crippen molar-refractivity contribution in [2.24, 2.45) is 0 Å². The predicted molar refractivity (Wildman–Crippen MR) is 75.2 cm³/mol. The van der Waals surface area contributed by atoms with E-state index in [9.17, 15) is 4.79 Å². The fourth-order valence-corrected chi connectivity index (χ4v) is 1.56. The van der Waals surface area contributed by atoms with Gasteiger partial charge in [-0.15, -0.1) is 0 Å². The first-order valence-electron chi connectivity index (χ1n) is 6.21. The lowest BCUT2D eigenvalue weighted by Crippen LogP contribution is -2.13. The number of amides is 1. The summed E-state index contributed by atoms with van der Waals surface area (Å²) in [5, 5.41) is 5.96. The second kappa shape index (κ2) is 6.49. The van der Waals surface area contributed by atoms with Gasteiger partial charge in [-0.3, -0.25) is 9.78 Å². The Kier molecular flexibility index (Phi) is 4.44. The van der Waals surface area contributed by atoms with Crippen molar-refractivity contribution in [3.05, 3.63) is 48.4 Å². The lowest BCUT2D eigenvalue weighted by Gasteiger charge is -2.07. The Morgan fingerprint density at radius 1 is 1.21 bits per heavy atom. The SMILES string of the molecule is CCCNc1cc(C(=O)Nc2ccncc2)ccn1. The van der Waals surface area contributed by atoms with Crippen molar-refractivity contribution in [1.29, 1.82) is 0 Å². The Balaban J connectivity index is 2.06. The molecule has 5 heteroatoms. The third kappa shape index (κ3) is 3.77. The van der Waals surface area contributed by atoms with Gasteiger partial charge in [0.1, 0.15) is 5.82 Å². The van der Waals surface area contributed by atoms with E-state index < -0.39 is 0 Å². The number of rotatable bonds is 5. The van der Waals surface area contributed by atoms with Crippen LogP contribution in [0.15, 0.2) is 42.9 Å². The minimum absolute atomic E-state index is 0.159. The molecule has 98 valence electrons. The zero-order valence-electron chi connectivity index (χ0n) is 10.8. The zero-order valence-corrected chi connectivity index (χ0v) is 10.8. The molecule has 2 heterocycles. The Hall–Kier alpha value is -2.43. The topological polar surface area (TPSA) is 66.9 Å². The summed E-state index contributed by atoms with van der Waals surface area (Å²) < 4.78 is 0. The van der Waals surface area contributed by atoms with Crippen molar-refractivity contribution in [3.8, 4) is 0 Å². The summed E-state index contributed by atoms with van der Waals surface area (Å²) >= 11 is 0. The fraction of sp³-hybridized carbons (Fsp3) is 0.214. The van der Waals surface area contributed by atoms with Crippen molar-refractivity contribution >= 4 is 17.4 Å². The van der Waals surface area contributed by atoms with Crippen LogP contribution >= 0.6 is 0 Å². The first kappa shape index (κ1) is 13.0. The highest BCUT2D eigenvalue weighted by Gasteiger charge is 2.07. The third-order valence-electron chi connectivity index (χ3n) is 2.52. The molecule has 0 saturated carbocycles. The standard InChI is InChI=1S/C14H16N4O/c1-2-6-16-13-10-11(3-9-17-13)14(19)18-12-4-7-15-8-5-12/h3-5,7-10H,2,6H2,1H3,(H,16,17)(H,15,18,19). The molecule has 2 aromatic rings. The van der Waals surface area contributed by atoms with E-state index in [0.29, 0.717) is 11.4 Å². The third-order valence-corrected chi connectivity index (χ3v) is 2.52. The highest BCUT2D eigenvalue weighted by atomic mass is 16.1. The van der Waals surface area contributed by atoms with Crippen molar-refractivity contribution in [2.45, 2.75) is 13.3 Å². The van der Waals surface area contributed by atoms with Gasteiger partial charge >= 0.3 is 0 Å². The van der Waals surface area contributed by atoms with Crippen LogP contribution in [0.1, 0.15) is 23.7 Å². The highest BCUT2D eigenvalue weighted by Crippen LogP contribution is 2.10. The van der Waals surface area contributed by atoms with Gasteiger partial charge in [0.25, 0.3) is 5.91 Å². The highest BCUT2D eigenvalue weighted by molar-refractivity contribution is 6.04. The van der Waals surface area contributed by atoms with E-state index in [0.717, 1.165) is 18.7 Å². The lowest BCUT2D eigenvalue weighted by molar-refractivity contribution is 0.102. The normalized spacial score (nSPS) is 9.95. The first-order chi connectivity index (χ1) is 9.29. The van der Waals surface area contributed by atoms with Crippen LogP contribution < -0.4 is 10.6 Å². The molecule has 2 aromatic heterocycles. The fourth-order valence-electron chi connectivity index (χ4n) is 1.56. The number of carbonyl (C=O) groups is 1. The molecule has 0 aromatic carbocycles. The molecule has 0 aliphatic carbocycles. The average molecular weight is 256 g/mol. The number of carbonyl (C=O) groups excluding carboxylic acids is 1. The van der Waals surface area contributed by atoms with Crippen LogP contribution in [0.4, 0.5) is 11.5 Å². The van der Waals surface area contributed by atoms with Gasteiger partial charge in [0.05, 0.1) is 0 Å². The summed E-state index contributed by atoms with van der Waals surface area (Å²) in [6.07, 6.45) is 5.90. The van der Waals surface area contributed by atoms with E-state index in [2.05, 4.69) is 27.5 Å². The Bertz CT molecular complexity index is 542. The summed E-state index contributed by atoms with van der Waals surface area (Å²) in [5.41, 5.74) is 1.30. The lowest BCUT2D eigenvalue weighted by atomic mass is 10.2. The van der Waals surface area contributed by atoms with Crippen LogP contribution in [-0.2, 0) is 0 Å². The summed E-state index contributed by atoms with van der Waals surface area (Å²) in [4.78, 5) is 20.1. The van der Waals surface area contributed by atoms with E-state index >= 15 is 0 Å². The maximum atomic E-state index is 12.1. The number of anilines is 2. The summed E-state index contributed by atoms with van der Waals surface area (Å²) in [6.45, 7) is 2.91. The molecule has 0 saturated heterocycles. The molecule has 5 nitrogen and oxygen atoms in total. The summed E-state index contributed by atoms with van der Waals surface area (Å²) in [5.74, 6) is 0.553. The van der Waals surface area contributed by atoms with Crippen molar-refractivity contribution in [1.82, 2.24) is 9.97 Å². The molecule has 0 aliphatic heterocycles. The predicted octanol–water partition coefficient (Wildman–Crippen LogP) is 2.55. The summed E-state index contributed by atoms with van der Waals surface area (Å²) in [7, 11) is 0. The molecular formula is C14H16N4O. The Morgan fingerprint density at radius 2 is 2.00 bits per heavy atom. The Morgan fingerprint density at radius 3 is 2.74 bits per heavy atom. The van der Waals surface area contributed by atoms with Crippen LogP contribution in [0.25, 0.3) is 0 Å². The van der Waals surface area contributed by atoms with Gasteiger partial charge in [-0.2, -0.15) is 0 Å². The monoisotopic (exact) mass is 256 g/mol. The van der Waals surface area contributed by atoms with Gasteiger partial charge in [-0.1, -0.05) is 6.92 Å². The number of aromatic nitrogens is 2. The van der Waals surface area contributed by atoms with Crippen molar-refractivity contribution < 1.29 is 4.79 Å². The van der Waals surface area contributed by atoms with Crippen LogP contribution in [0.3, 0.4) is 0 Å². The van der Waals surface area contributed by atoms with Crippen molar-refractivity contribution in [2.75, 3.05) is 17.2 Å². The minimum Gasteiger partial charge on any atom is -0.370 e. The maximum Gasteiger partial charge on any atom is 0.255 e.